The van der Waals surface area contributed by atoms with E-state index in [1.807, 2.05) is 24.3 Å². The van der Waals surface area contributed by atoms with Gasteiger partial charge in [-0.25, -0.2) is 0 Å². The molecule has 0 aliphatic carbocycles. The molecule has 2 aromatic carbocycles. The van der Waals surface area contributed by atoms with Gasteiger partial charge in [0, 0.05) is 27.8 Å². The first kappa shape index (κ1) is 19.9. The number of amides is 1. The molecule has 1 N–H and O–H groups in total. The highest BCUT2D eigenvalue weighted by atomic mass is 127. The Labute approximate surface area is 175 Å². The monoisotopic (exact) mass is 497 g/mol. The Morgan fingerprint density at radius 1 is 1.15 bits per heavy atom. The fourth-order valence-electron chi connectivity index (χ4n) is 3.06. The molecule has 1 aliphatic heterocycles. The number of Topliss-reactive ketones (excluding diaryl/α,β-unsaturated/α-hetero) is 1. The molecule has 1 fully saturated rings. The van der Waals surface area contributed by atoms with Crippen molar-refractivity contribution in [2.24, 2.45) is 0 Å². The van der Waals surface area contributed by atoms with E-state index in [9.17, 15) is 14.7 Å². The van der Waals surface area contributed by atoms with E-state index in [4.69, 9.17) is 16.3 Å². The number of nitrogens with zero attached hydrogens (tertiary/aromatic N) is 1. The van der Waals surface area contributed by atoms with Crippen molar-refractivity contribution in [1.29, 1.82) is 0 Å². The van der Waals surface area contributed by atoms with Gasteiger partial charge in [-0.1, -0.05) is 23.7 Å². The van der Waals surface area contributed by atoms with Gasteiger partial charge in [0.25, 0.3) is 11.7 Å². The van der Waals surface area contributed by atoms with Crippen LogP contribution in [0.3, 0.4) is 0 Å². The van der Waals surface area contributed by atoms with Crippen LogP contribution in [0.25, 0.3) is 5.76 Å². The van der Waals surface area contributed by atoms with Crippen LogP contribution in [-0.2, 0) is 14.3 Å². The van der Waals surface area contributed by atoms with Crippen molar-refractivity contribution < 1.29 is 19.4 Å². The lowest BCUT2D eigenvalue weighted by Crippen LogP contribution is -2.32. The predicted octanol–water partition coefficient (Wildman–Crippen LogP) is 4.01. The smallest absolute Gasteiger partial charge is 0.295 e. The number of halogens is 2. The first-order valence-electron chi connectivity index (χ1n) is 8.22. The van der Waals surface area contributed by atoms with E-state index in [1.54, 1.807) is 24.3 Å². The summed E-state index contributed by atoms with van der Waals surface area (Å²) in [6.45, 7) is 0.532. The average Bonchev–Trinajstić information content (AvgIpc) is 2.91. The summed E-state index contributed by atoms with van der Waals surface area (Å²) in [5.41, 5.74) is 1.25. The van der Waals surface area contributed by atoms with Crippen LogP contribution < -0.4 is 0 Å². The molecule has 0 bridgehead atoms. The van der Waals surface area contributed by atoms with Crippen LogP contribution in [-0.4, -0.2) is 42.0 Å². The highest BCUT2D eigenvalue weighted by Gasteiger charge is 2.45. The summed E-state index contributed by atoms with van der Waals surface area (Å²) in [6, 6.07) is 13.3. The van der Waals surface area contributed by atoms with Crippen molar-refractivity contribution in [1.82, 2.24) is 4.90 Å². The van der Waals surface area contributed by atoms with E-state index in [2.05, 4.69) is 22.6 Å². The van der Waals surface area contributed by atoms with Crippen LogP contribution in [0.1, 0.15) is 17.2 Å². The summed E-state index contributed by atoms with van der Waals surface area (Å²) >= 11 is 8.09. The summed E-state index contributed by atoms with van der Waals surface area (Å²) < 4.78 is 6.12. The van der Waals surface area contributed by atoms with E-state index in [-0.39, 0.29) is 24.5 Å². The number of carbonyl (C=O) groups excluding carboxylic acids is 2. The van der Waals surface area contributed by atoms with E-state index in [1.165, 1.54) is 12.0 Å². The molecule has 0 aromatic heterocycles. The summed E-state index contributed by atoms with van der Waals surface area (Å²) in [5.74, 6) is -1.57. The molecule has 0 saturated carbocycles. The molecule has 1 aliphatic rings. The minimum atomic E-state index is -0.706. The molecule has 27 heavy (non-hydrogen) atoms. The number of methoxy groups -OCH3 is 1. The van der Waals surface area contributed by atoms with Crippen LogP contribution in [0, 0.1) is 3.57 Å². The van der Waals surface area contributed by atoms with E-state index >= 15 is 0 Å². The van der Waals surface area contributed by atoms with Crippen molar-refractivity contribution in [3.63, 3.8) is 0 Å². The summed E-state index contributed by atoms with van der Waals surface area (Å²) in [7, 11) is 1.53. The Hall–Kier alpha value is -1.90. The molecular weight excluding hydrogens is 481 g/mol. The molecule has 3 rings (SSSR count). The number of ketones is 1. The summed E-state index contributed by atoms with van der Waals surface area (Å²) in [6.07, 6.45) is 0. The average molecular weight is 498 g/mol. The lowest BCUT2D eigenvalue weighted by Gasteiger charge is -2.25. The Morgan fingerprint density at radius 3 is 2.37 bits per heavy atom. The fraction of sp³-hybridized carbons (Fsp3) is 0.200. The number of rotatable bonds is 5. The van der Waals surface area contributed by atoms with Crippen LogP contribution >= 0.6 is 34.2 Å². The Morgan fingerprint density at radius 2 is 1.78 bits per heavy atom. The third kappa shape index (κ3) is 4.02. The second-order valence-electron chi connectivity index (χ2n) is 6.04. The maximum atomic E-state index is 12.7. The van der Waals surface area contributed by atoms with Crippen molar-refractivity contribution >= 4 is 51.6 Å². The predicted molar refractivity (Wildman–Crippen MR) is 111 cm³/mol. The topological polar surface area (TPSA) is 66.8 Å². The van der Waals surface area contributed by atoms with Crippen molar-refractivity contribution in [3.05, 3.63) is 73.8 Å². The first-order valence-corrected chi connectivity index (χ1v) is 9.68. The van der Waals surface area contributed by atoms with E-state index in [0.717, 1.165) is 9.13 Å². The molecule has 1 amide bonds. The zero-order valence-corrected chi connectivity index (χ0v) is 17.4. The highest BCUT2D eigenvalue weighted by molar-refractivity contribution is 14.1. The van der Waals surface area contributed by atoms with Crippen molar-refractivity contribution in [2.75, 3.05) is 20.3 Å². The van der Waals surface area contributed by atoms with Crippen LogP contribution in [0.4, 0.5) is 0 Å². The number of hydrogen-bond acceptors (Lipinski definition) is 4. The van der Waals surface area contributed by atoms with Crippen LogP contribution in [0.2, 0.25) is 5.02 Å². The summed E-state index contributed by atoms with van der Waals surface area (Å²) in [4.78, 5) is 26.8. The molecule has 7 heteroatoms. The van der Waals surface area contributed by atoms with Gasteiger partial charge >= 0.3 is 0 Å². The number of aliphatic hydroxyl groups is 1. The van der Waals surface area contributed by atoms with Gasteiger partial charge in [-0.3, -0.25) is 9.59 Å². The van der Waals surface area contributed by atoms with E-state index in [0.29, 0.717) is 10.6 Å². The SMILES string of the molecule is COCCN1C(=O)C(=O)/C(=C(/O)c2ccc(Cl)cc2)[C@@H]1c1ccc(I)cc1. The molecule has 0 spiro atoms. The van der Waals surface area contributed by atoms with Gasteiger partial charge in [0.15, 0.2) is 0 Å². The highest BCUT2D eigenvalue weighted by Crippen LogP contribution is 2.39. The molecule has 2 aromatic rings. The number of benzene rings is 2. The second kappa shape index (κ2) is 8.41. The minimum absolute atomic E-state index is 0.0691. The Bertz CT molecular complexity index is 893. The maximum absolute atomic E-state index is 12.7. The first-order chi connectivity index (χ1) is 12.9. The molecule has 0 unspecified atom stereocenters. The number of hydrogen-bond donors (Lipinski definition) is 1. The number of likely N-dealkylation sites (tertiary alicyclic amines) is 1. The Kier molecular flexibility index (Phi) is 6.18. The van der Waals surface area contributed by atoms with Crippen LogP contribution in [0.5, 0.6) is 0 Å². The quantitative estimate of drug-likeness (QED) is 0.293. The van der Waals surface area contributed by atoms with Gasteiger partial charge in [0.2, 0.25) is 0 Å². The number of aliphatic hydroxyl groups excluding tert-OH is 1. The molecule has 1 heterocycles. The van der Waals surface area contributed by atoms with Gasteiger partial charge in [-0.15, -0.1) is 0 Å². The molecule has 1 saturated heterocycles. The lowest BCUT2D eigenvalue weighted by atomic mass is 9.95. The lowest BCUT2D eigenvalue weighted by molar-refractivity contribution is -0.140. The van der Waals surface area contributed by atoms with Crippen LogP contribution in [0.15, 0.2) is 54.1 Å². The standard InChI is InChI=1S/C20H17ClINO4/c1-27-11-10-23-17(12-4-8-15(22)9-5-12)16(19(25)20(23)26)18(24)13-2-6-14(21)7-3-13/h2-9,17,24H,10-11H2,1H3/b18-16+/t17-/m0/s1. The van der Waals surface area contributed by atoms with Crippen molar-refractivity contribution in [3.8, 4) is 0 Å². The normalized spacial score (nSPS) is 18.9. The Balaban J connectivity index is 2.14. The van der Waals surface area contributed by atoms with Crippen molar-refractivity contribution in [2.45, 2.75) is 6.04 Å². The third-order valence-electron chi connectivity index (χ3n) is 4.38. The third-order valence-corrected chi connectivity index (χ3v) is 5.35. The van der Waals surface area contributed by atoms with Gasteiger partial charge < -0.3 is 14.7 Å². The largest absolute Gasteiger partial charge is 0.507 e. The number of carbonyl (C=O) groups is 2. The van der Waals surface area contributed by atoms with Gasteiger partial charge in [-0.05, 0) is 64.6 Å². The fourth-order valence-corrected chi connectivity index (χ4v) is 3.54. The maximum Gasteiger partial charge on any atom is 0.295 e. The molecule has 140 valence electrons. The van der Waals surface area contributed by atoms with Gasteiger partial charge in [0.05, 0.1) is 18.2 Å². The zero-order valence-electron chi connectivity index (χ0n) is 14.5. The molecular formula is C20H17ClINO4. The van der Waals surface area contributed by atoms with Gasteiger partial charge in [0.1, 0.15) is 5.76 Å². The number of ether oxygens (including phenoxy) is 1. The molecule has 1 atom stereocenters. The summed E-state index contributed by atoms with van der Waals surface area (Å²) in [5, 5.41) is 11.3. The molecule has 5 nitrogen and oxygen atoms in total. The molecule has 0 radical (unpaired) electrons. The van der Waals surface area contributed by atoms with E-state index < -0.39 is 17.7 Å². The van der Waals surface area contributed by atoms with Gasteiger partial charge in [-0.2, -0.15) is 0 Å². The minimum Gasteiger partial charge on any atom is -0.507 e. The zero-order chi connectivity index (χ0) is 19.6. The second-order valence-corrected chi connectivity index (χ2v) is 7.73.